The number of nitro benzene ring substituents is 1. The number of nitro groups is 1. The maximum Gasteiger partial charge on any atom is 0.269 e. The van der Waals surface area contributed by atoms with Gasteiger partial charge in [0.1, 0.15) is 6.54 Å². The van der Waals surface area contributed by atoms with Crippen LogP contribution in [-0.2, 0) is 17.9 Å². The fraction of sp³-hybridized carbons (Fsp3) is 0.250. The van der Waals surface area contributed by atoms with Crippen molar-refractivity contribution in [3.8, 4) is 0 Å². The van der Waals surface area contributed by atoms with Gasteiger partial charge in [-0.25, -0.2) is 4.68 Å². The van der Waals surface area contributed by atoms with Crippen molar-refractivity contribution in [1.82, 2.24) is 15.0 Å². The van der Waals surface area contributed by atoms with Crippen LogP contribution in [0.25, 0.3) is 0 Å². The van der Waals surface area contributed by atoms with Gasteiger partial charge in [0.2, 0.25) is 5.91 Å². The summed E-state index contributed by atoms with van der Waals surface area (Å²) < 4.78 is 1.40. The van der Waals surface area contributed by atoms with Crippen LogP contribution >= 0.6 is 0 Å². The number of hydrogen-bond acceptors (Lipinski definition) is 6. The number of carbonyl (C=O) groups is 1. The average molecular weight is 290 g/mol. The fourth-order valence-electron chi connectivity index (χ4n) is 1.70. The van der Waals surface area contributed by atoms with Gasteiger partial charge in [-0.1, -0.05) is 5.21 Å². The summed E-state index contributed by atoms with van der Waals surface area (Å²) >= 11 is 0. The van der Waals surface area contributed by atoms with E-state index in [4.69, 9.17) is 5.73 Å². The quantitative estimate of drug-likeness (QED) is 0.625. The zero-order chi connectivity index (χ0) is 15.4. The van der Waals surface area contributed by atoms with Crippen molar-refractivity contribution in [2.24, 2.45) is 5.73 Å². The van der Waals surface area contributed by atoms with Crippen LogP contribution in [0.15, 0.2) is 30.5 Å². The summed E-state index contributed by atoms with van der Waals surface area (Å²) in [5.74, 6) is -0.225. The maximum atomic E-state index is 12.1. The van der Waals surface area contributed by atoms with E-state index in [0.717, 1.165) is 0 Å². The number of anilines is 1. The Balaban J connectivity index is 2.06. The second-order valence-electron chi connectivity index (χ2n) is 4.34. The summed E-state index contributed by atoms with van der Waals surface area (Å²) in [6.45, 7) is 0.271. The van der Waals surface area contributed by atoms with Crippen LogP contribution < -0.4 is 10.6 Å². The molecule has 0 aliphatic carbocycles. The zero-order valence-electron chi connectivity index (χ0n) is 11.3. The predicted octanol–water partition coefficient (Wildman–Crippen LogP) is 0.308. The smallest absolute Gasteiger partial charge is 0.269 e. The van der Waals surface area contributed by atoms with Crippen molar-refractivity contribution in [2.45, 2.75) is 13.1 Å². The predicted molar refractivity (Wildman–Crippen MR) is 74.4 cm³/mol. The molecule has 0 fully saturated rings. The number of nitrogens with two attached hydrogens (primary N) is 1. The first-order valence-electron chi connectivity index (χ1n) is 6.11. The van der Waals surface area contributed by atoms with Crippen molar-refractivity contribution in [2.75, 3.05) is 11.9 Å². The summed E-state index contributed by atoms with van der Waals surface area (Å²) in [6.07, 6.45) is 1.60. The number of aromatic nitrogens is 3. The van der Waals surface area contributed by atoms with E-state index in [2.05, 4.69) is 10.3 Å². The van der Waals surface area contributed by atoms with E-state index in [-0.39, 0.29) is 24.7 Å². The molecule has 110 valence electrons. The highest BCUT2D eigenvalue weighted by molar-refractivity contribution is 5.92. The van der Waals surface area contributed by atoms with Crippen molar-refractivity contribution in [3.63, 3.8) is 0 Å². The van der Waals surface area contributed by atoms with Crippen LogP contribution in [0.2, 0.25) is 0 Å². The average Bonchev–Trinajstić information content (AvgIpc) is 2.94. The van der Waals surface area contributed by atoms with E-state index in [1.165, 1.54) is 33.8 Å². The summed E-state index contributed by atoms with van der Waals surface area (Å²) in [7, 11) is 1.59. The SMILES string of the molecule is CN(C(=O)Cn1cc(CN)nn1)c1ccc([N+](=O)[O-])cc1. The van der Waals surface area contributed by atoms with Crippen LogP contribution in [0.5, 0.6) is 0 Å². The number of hydrogen-bond donors (Lipinski definition) is 1. The van der Waals surface area contributed by atoms with Crippen LogP contribution in [-0.4, -0.2) is 32.9 Å². The third-order valence-electron chi connectivity index (χ3n) is 2.91. The van der Waals surface area contributed by atoms with Gasteiger partial charge >= 0.3 is 0 Å². The van der Waals surface area contributed by atoms with Crippen LogP contribution in [0.1, 0.15) is 5.69 Å². The number of benzene rings is 1. The molecule has 0 saturated carbocycles. The Hall–Kier alpha value is -2.81. The number of nitrogens with zero attached hydrogens (tertiary/aromatic N) is 5. The Morgan fingerprint density at radius 2 is 2.10 bits per heavy atom. The largest absolute Gasteiger partial charge is 0.325 e. The number of amides is 1. The minimum Gasteiger partial charge on any atom is -0.325 e. The van der Waals surface area contributed by atoms with Gasteiger partial charge in [0.25, 0.3) is 5.69 Å². The van der Waals surface area contributed by atoms with Crippen LogP contribution in [0, 0.1) is 10.1 Å². The lowest BCUT2D eigenvalue weighted by Gasteiger charge is -2.16. The second-order valence-corrected chi connectivity index (χ2v) is 4.34. The topological polar surface area (TPSA) is 120 Å². The molecular formula is C12H14N6O3. The molecule has 2 aromatic rings. The molecule has 1 heterocycles. The normalized spacial score (nSPS) is 10.4. The van der Waals surface area contributed by atoms with Crippen molar-refractivity contribution in [3.05, 3.63) is 46.3 Å². The Morgan fingerprint density at radius 1 is 1.43 bits per heavy atom. The van der Waals surface area contributed by atoms with E-state index in [1.54, 1.807) is 13.2 Å². The van der Waals surface area contributed by atoms with Gasteiger partial charge in [-0.05, 0) is 12.1 Å². The Kier molecular flexibility index (Phi) is 4.24. The van der Waals surface area contributed by atoms with Crippen molar-refractivity contribution in [1.29, 1.82) is 0 Å². The molecule has 0 spiro atoms. The molecule has 21 heavy (non-hydrogen) atoms. The zero-order valence-corrected chi connectivity index (χ0v) is 11.3. The second kappa shape index (κ2) is 6.09. The van der Waals surface area contributed by atoms with Gasteiger partial charge in [-0.3, -0.25) is 14.9 Å². The molecule has 0 saturated heterocycles. The molecule has 0 aliphatic rings. The van der Waals surface area contributed by atoms with Gasteiger partial charge < -0.3 is 10.6 Å². The summed E-state index contributed by atoms with van der Waals surface area (Å²) in [5, 5.41) is 18.2. The molecule has 2 N–H and O–H groups in total. The van der Waals surface area contributed by atoms with Gasteiger partial charge in [0.15, 0.2) is 0 Å². The molecular weight excluding hydrogens is 276 g/mol. The van der Waals surface area contributed by atoms with Crippen molar-refractivity contribution >= 4 is 17.3 Å². The Labute approximate surface area is 120 Å². The van der Waals surface area contributed by atoms with Crippen LogP contribution in [0.4, 0.5) is 11.4 Å². The molecule has 0 aliphatic heterocycles. The molecule has 9 heteroatoms. The van der Waals surface area contributed by atoms with Gasteiger partial charge in [0, 0.05) is 31.4 Å². The van der Waals surface area contributed by atoms with E-state index in [1.807, 2.05) is 0 Å². The van der Waals surface area contributed by atoms with E-state index in [9.17, 15) is 14.9 Å². The van der Waals surface area contributed by atoms with Gasteiger partial charge in [0.05, 0.1) is 16.8 Å². The molecule has 0 atom stereocenters. The number of rotatable bonds is 5. The number of likely N-dealkylation sites (N-methyl/N-ethyl adjacent to an activating group) is 1. The summed E-state index contributed by atoms with van der Waals surface area (Å²) in [6, 6.07) is 5.73. The standard InChI is InChI=1S/C12H14N6O3/c1-16(10-2-4-11(5-3-10)18(20)21)12(19)8-17-7-9(6-13)14-15-17/h2-5,7H,6,8,13H2,1H3. The third-order valence-corrected chi connectivity index (χ3v) is 2.91. The lowest BCUT2D eigenvalue weighted by molar-refractivity contribution is -0.384. The fourth-order valence-corrected chi connectivity index (χ4v) is 1.70. The number of carbonyl (C=O) groups excluding carboxylic acids is 1. The summed E-state index contributed by atoms with van der Waals surface area (Å²) in [4.78, 5) is 23.6. The van der Waals surface area contributed by atoms with Gasteiger partial charge in [-0.15, -0.1) is 5.10 Å². The first kappa shape index (κ1) is 14.6. The monoisotopic (exact) mass is 290 g/mol. The minimum atomic E-state index is -0.491. The van der Waals surface area contributed by atoms with Crippen molar-refractivity contribution < 1.29 is 9.72 Å². The number of non-ortho nitro benzene ring substituents is 1. The molecule has 0 unspecified atom stereocenters. The van der Waals surface area contributed by atoms with E-state index < -0.39 is 4.92 Å². The molecule has 1 aromatic carbocycles. The third kappa shape index (κ3) is 3.39. The first-order chi connectivity index (χ1) is 10.0. The molecule has 1 aromatic heterocycles. The molecule has 2 rings (SSSR count). The minimum absolute atomic E-state index is 0.0144. The molecule has 0 radical (unpaired) electrons. The van der Waals surface area contributed by atoms with Gasteiger partial charge in [-0.2, -0.15) is 0 Å². The molecule has 9 nitrogen and oxygen atoms in total. The maximum absolute atomic E-state index is 12.1. The summed E-state index contributed by atoms with van der Waals surface area (Å²) in [5.41, 5.74) is 6.55. The highest BCUT2D eigenvalue weighted by Gasteiger charge is 2.14. The first-order valence-corrected chi connectivity index (χ1v) is 6.11. The van der Waals surface area contributed by atoms with E-state index in [0.29, 0.717) is 11.4 Å². The van der Waals surface area contributed by atoms with E-state index >= 15 is 0 Å². The molecule has 1 amide bonds. The lowest BCUT2D eigenvalue weighted by atomic mass is 10.2. The Morgan fingerprint density at radius 3 is 2.62 bits per heavy atom. The highest BCUT2D eigenvalue weighted by atomic mass is 16.6. The Bertz CT molecular complexity index is 651. The van der Waals surface area contributed by atoms with Crippen LogP contribution in [0.3, 0.4) is 0 Å². The molecule has 0 bridgehead atoms. The highest BCUT2D eigenvalue weighted by Crippen LogP contribution is 2.18. The lowest BCUT2D eigenvalue weighted by Crippen LogP contribution is -2.30.